The van der Waals surface area contributed by atoms with Gasteiger partial charge in [-0.15, -0.1) is 0 Å². The van der Waals surface area contributed by atoms with Crippen molar-refractivity contribution < 1.29 is 9.47 Å². The van der Waals surface area contributed by atoms with E-state index in [-0.39, 0.29) is 6.29 Å². The molecule has 0 aliphatic carbocycles. The van der Waals surface area contributed by atoms with Crippen molar-refractivity contribution in [3.63, 3.8) is 0 Å². The zero-order chi connectivity index (χ0) is 8.23. The van der Waals surface area contributed by atoms with Crippen molar-refractivity contribution in [1.29, 1.82) is 0 Å². The highest BCUT2D eigenvalue weighted by Crippen LogP contribution is 2.17. The summed E-state index contributed by atoms with van der Waals surface area (Å²) in [6.07, 6.45) is 5.15. The number of hydrogen-bond acceptors (Lipinski definition) is 3. The van der Waals surface area contributed by atoms with Gasteiger partial charge in [0, 0.05) is 13.2 Å². The van der Waals surface area contributed by atoms with Gasteiger partial charge in [-0.2, -0.15) is 0 Å². The van der Waals surface area contributed by atoms with Gasteiger partial charge in [0.2, 0.25) is 0 Å². The molecule has 0 bridgehead atoms. The Morgan fingerprint density at radius 2 is 2.25 bits per heavy atom. The summed E-state index contributed by atoms with van der Waals surface area (Å²) in [6.45, 7) is 2.97. The van der Waals surface area contributed by atoms with Crippen LogP contribution in [0.25, 0.3) is 0 Å². The quantitative estimate of drug-likeness (QED) is 0.669. The highest BCUT2D eigenvalue weighted by atomic mass is 16.7. The van der Waals surface area contributed by atoms with Gasteiger partial charge in [-0.05, 0) is 32.2 Å². The maximum absolute atomic E-state index is 5.77. The monoisotopic (exact) mass is 171 g/mol. The number of ether oxygens (including phenoxy) is 2. The first-order chi connectivity index (χ1) is 5.95. The van der Waals surface area contributed by atoms with Crippen LogP contribution in [0.3, 0.4) is 0 Å². The molecular weight excluding hydrogens is 154 g/mol. The lowest BCUT2D eigenvalue weighted by molar-refractivity contribution is -0.183. The summed E-state index contributed by atoms with van der Waals surface area (Å²) in [5.74, 6) is 0. The predicted molar refractivity (Wildman–Crippen MR) is 46.0 cm³/mol. The topological polar surface area (TPSA) is 30.5 Å². The van der Waals surface area contributed by atoms with E-state index >= 15 is 0 Å². The SMILES string of the molecule is C1CCC(O[C@H]2CCNC2)OC1. The van der Waals surface area contributed by atoms with Crippen LogP contribution in [-0.2, 0) is 9.47 Å². The lowest BCUT2D eigenvalue weighted by Crippen LogP contribution is -2.29. The van der Waals surface area contributed by atoms with Crippen molar-refractivity contribution in [1.82, 2.24) is 5.32 Å². The van der Waals surface area contributed by atoms with Crippen molar-refractivity contribution in [3.8, 4) is 0 Å². The van der Waals surface area contributed by atoms with Gasteiger partial charge in [0.05, 0.1) is 6.10 Å². The van der Waals surface area contributed by atoms with Crippen LogP contribution in [-0.4, -0.2) is 32.1 Å². The van der Waals surface area contributed by atoms with Gasteiger partial charge < -0.3 is 14.8 Å². The zero-order valence-corrected chi connectivity index (χ0v) is 7.42. The summed E-state index contributed by atoms with van der Waals surface area (Å²) in [6, 6.07) is 0. The van der Waals surface area contributed by atoms with E-state index in [2.05, 4.69) is 5.32 Å². The van der Waals surface area contributed by atoms with E-state index in [0.717, 1.165) is 32.5 Å². The van der Waals surface area contributed by atoms with Crippen LogP contribution in [0.15, 0.2) is 0 Å². The molecule has 3 nitrogen and oxygen atoms in total. The molecule has 2 aliphatic rings. The van der Waals surface area contributed by atoms with Crippen molar-refractivity contribution in [2.75, 3.05) is 19.7 Å². The van der Waals surface area contributed by atoms with Crippen LogP contribution in [0.2, 0.25) is 0 Å². The Morgan fingerprint density at radius 3 is 2.92 bits per heavy atom. The van der Waals surface area contributed by atoms with Crippen molar-refractivity contribution in [2.24, 2.45) is 0 Å². The lowest BCUT2D eigenvalue weighted by Gasteiger charge is -2.25. The molecule has 2 fully saturated rings. The first kappa shape index (κ1) is 8.48. The largest absolute Gasteiger partial charge is 0.353 e. The number of rotatable bonds is 2. The first-order valence-electron chi connectivity index (χ1n) is 4.93. The molecule has 1 N–H and O–H groups in total. The fourth-order valence-corrected chi connectivity index (χ4v) is 1.78. The zero-order valence-electron chi connectivity index (χ0n) is 7.42. The molecule has 2 saturated heterocycles. The summed E-state index contributed by atoms with van der Waals surface area (Å²) in [5, 5.41) is 3.28. The second-order valence-electron chi connectivity index (χ2n) is 3.55. The van der Waals surface area contributed by atoms with Gasteiger partial charge in [-0.3, -0.25) is 0 Å². The molecule has 0 radical (unpaired) electrons. The second kappa shape index (κ2) is 4.21. The third-order valence-corrected chi connectivity index (χ3v) is 2.50. The molecule has 0 amide bonds. The van der Waals surface area contributed by atoms with Crippen molar-refractivity contribution >= 4 is 0 Å². The fourth-order valence-electron chi connectivity index (χ4n) is 1.78. The normalized spacial score (nSPS) is 37.0. The summed E-state index contributed by atoms with van der Waals surface area (Å²) >= 11 is 0. The maximum Gasteiger partial charge on any atom is 0.158 e. The van der Waals surface area contributed by atoms with Gasteiger partial charge in [0.15, 0.2) is 6.29 Å². The molecule has 0 aromatic carbocycles. The van der Waals surface area contributed by atoms with Crippen molar-refractivity contribution in [3.05, 3.63) is 0 Å². The third kappa shape index (κ3) is 2.19. The highest BCUT2D eigenvalue weighted by Gasteiger charge is 2.21. The molecule has 0 aromatic heterocycles. The van der Waals surface area contributed by atoms with E-state index in [1.807, 2.05) is 0 Å². The van der Waals surface area contributed by atoms with E-state index in [0.29, 0.717) is 6.10 Å². The summed E-state index contributed by atoms with van der Waals surface area (Å²) in [5.41, 5.74) is 0. The predicted octanol–water partition coefficient (Wildman–Crippen LogP) is 0.891. The Bertz CT molecular complexity index is 128. The van der Waals surface area contributed by atoms with E-state index in [1.165, 1.54) is 12.8 Å². The minimum atomic E-state index is 0.0867. The molecule has 2 rings (SSSR count). The molecule has 2 aliphatic heterocycles. The van der Waals surface area contributed by atoms with Crippen LogP contribution < -0.4 is 5.32 Å². The van der Waals surface area contributed by atoms with E-state index in [4.69, 9.17) is 9.47 Å². The van der Waals surface area contributed by atoms with Crippen molar-refractivity contribution in [2.45, 2.75) is 38.1 Å². The fraction of sp³-hybridized carbons (Fsp3) is 1.00. The summed E-state index contributed by atoms with van der Waals surface area (Å²) < 4.78 is 11.3. The highest BCUT2D eigenvalue weighted by molar-refractivity contribution is 4.72. The molecule has 0 saturated carbocycles. The van der Waals surface area contributed by atoms with Gasteiger partial charge in [0.1, 0.15) is 0 Å². The maximum atomic E-state index is 5.77. The molecule has 70 valence electrons. The van der Waals surface area contributed by atoms with Crippen LogP contribution in [0, 0.1) is 0 Å². The Kier molecular flexibility index (Phi) is 2.98. The van der Waals surface area contributed by atoms with Gasteiger partial charge in [-0.25, -0.2) is 0 Å². The van der Waals surface area contributed by atoms with Crippen LogP contribution >= 0.6 is 0 Å². The Balaban J connectivity index is 1.69. The Labute approximate surface area is 73.4 Å². The van der Waals surface area contributed by atoms with Crippen LogP contribution in [0.1, 0.15) is 25.7 Å². The van der Waals surface area contributed by atoms with E-state index in [1.54, 1.807) is 0 Å². The summed E-state index contributed by atoms with van der Waals surface area (Å²) in [4.78, 5) is 0. The van der Waals surface area contributed by atoms with Gasteiger partial charge >= 0.3 is 0 Å². The molecule has 3 heteroatoms. The molecule has 2 atom stereocenters. The minimum absolute atomic E-state index is 0.0867. The summed E-state index contributed by atoms with van der Waals surface area (Å²) in [7, 11) is 0. The number of nitrogens with one attached hydrogen (secondary N) is 1. The molecule has 0 aromatic rings. The van der Waals surface area contributed by atoms with Crippen LogP contribution in [0.5, 0.6) is 0 Å². The van der Waals surface area contributed by atoms with Crippen LogP contribution in [0.4, 0.5) is 0 Å². The van der Waals surface area contributed by atoms with Gasteiger partial charge in [-0.1, -0.05) is 0 Å². The molecular formula is C9H17NO2. The average Bonchev–Trinajstić information content (AvgIpc) is 2.59. The lowest BCUT2D eigenvalue weighted by atomic mass is 10.2. The molecule has 12 heavy (non-hydrogen) atoms. The standard InChI is InChI=1S/C9H17NO2/c1-2-6-11-9(3-1)12-8-4-5-10-7-8/h8-10H,1-7H2/t8-,9?/m0/s1. The molecule has 0 spiro atoms. The minimum Gasteiger partial charge on any atom is -0.353 e. The average molecular weight is 171 g/mol. The molecule has 2 heterocycles. The Hall–Kier alpha value is -0.120. The second-order valence-corrected chi connectivity index (χ2v) is 3.55. The molecule has 1 unspecified atom stereocenters. The smallest absolute Gasteiger partial charge is 0.158 e. The van der Waals surface area contributed by atoms with Gasteiger partial charge in [0.25, 0.3) is 0 Å². The first-order valence-corrected chi connectivity index (χ1v) is 4.93. The Morgan fingerprint density at radius 1 is 1.25 bits per heavy atom. The van der Waals surface area contributed by atoms with E-state index in [9.17, 15) is 0 Å². The van der Waals surface area contributed by atoms with E-state index < -0.39 is 0 Å². The number of hydrogen-bond donors (Lipinski definition) is 1. The third-order valence-electron chi connectivity index (χ3n) is 2.50.